The first-order chi connectivity index (χ1) is 5.11. The van der Waals surface area contributed by atoms with E-state index in [4.69, 9.17) is 11.0 Å². The van der Waals surface area contributed by atoms with E-state index in [0.29, 0.717) is 0 Å². The van der Waals surface area contributed by atoms with E-state index in [1.165, 1.54) is 0 Å². The number of rotatable bonds is 4. The molecule has 1 unspecified atom stereocenters. The molecule has 0 heterocycles. The SMILES string of the molecule is CC(CON)(C(=O)O)C1CC1. The monoisotopic (exact) mass is 159 g/mol. The molecule has 0 spiro atoms. The van der Waals surface area contributed by atoms with Gasteiger partial charge in [-0.25, -0.2) is 5.90 Å². The molecule has 1 fully saturated rings. The Labute approximate surface area is 65.3 Å². The molecule has 0 aromatic carbocycles. The quantitative estimate of drug-likeness (QED) is 0.581. The molecular formula is C7H13NO3. The van der Waals surface area contributed by atoms with Crippen LogP contribution in [0.2, 0.25) is 0 Å². The molecule has 1 aliphatic carbocycles. The Bertz CT molecular complexity index is 167. The van der Waals surface area contributed by atoms with Crippen molar-refractivity contribution < 1.29 is 14.7 Å². The minimum Gasteiger partial charge on any atom is -0.481 e. The van der Waals surface area contributed by atoms with Crippen LogP contribution in [0.5, 0.6) is 0 Å². The molecule has 3 N–H and O–H groups in total. The molecule has 0 aliphatic heterocycles. The Hall–Kier alpha value is -0.610. The lowest BCUT2D eigenvalue weighted by Crippen LogP contribution is -2.36. The lowest BCUT2D eigenvalue weighted by atomic mass is 9.86. The number of aliphatic carboxylic acids is 1. The van der Waals surface area contributed by atoms with E-state index in [1.54, 1.807) is 6.92 Å². The summed E-state index contributed by atoms with van der Waals surface area (Å²) in [6, 6.07) is 0. The maximum atomic E-state index is 10.8. The lowest BCUT2D eigenvalue weighted by Gasteiger charge is -2.22. The Kier molecular flexibility index (Phi) is 2.15. The highest BCUT2D eigenvalue weighted by molar-refractivity contribution is 5.75. The molecule has 4 heteroatoms. The van der Waals surface area contributed by atoms with E-state index in [0.717, 1.165) is 12.8 Å². The van der Waals surface area contributed by atoms with Crippen molar-refractivity contribution in [1.29, 1.82) is 0 Å². The van der Waals surface area contributed by atoms with E-state index in [-0.39, 0.29) is 12.5 Å². The second-order valence-corrected chi connectivity index (χ2v) is 3.31. The lowest BCUT2D eigenvalue weighted by molar-refractivity contribution is -0.153. The first kappa shape index (κ1) is 8.49. The van der Waals surface area contributed by atoms with Gasteiger partial charge in [-0.2, -0.15) is 0 Å². The van der Waals surface area contributed by atoms with Crippen LogP contribution >= 0.6 is 0 Å². The van der Waals surface area contributed by atoms with E-state index in [1.807, 2.05) is 0 Å². The highest BCUT2D eigenvalue weighted by atomic mass is 16.6. The van der Waals surface area contributed by atoms with Crippen LogP contribution in [-0.4, -0.2) is 17.7 Å². The summed E-state index contributed by atoms with van der Waals surface area (Å²) < 4.78 is 0. The molecule has 0 saturated heterocycles. The standard InChI is InChI=1S/C7H13NO3/c1-7(4-11-8,6(9)10)5-2-3-5/h5H,2-4,8H2,1H3,(H,9,10). The number of nitrogens with two attached hydrogens (primary N) is 1. The Balaban J connectivity index is 2.61. The van der Waals surface area contributed by atoms with Gasteiger partial charge in [0.25, 0.3) is 0 Å². The largest absolute Gasteiger partial charge is 0.481 e. The number of hydrogen-bond donors (Lipinski definition) is 2. The average Bonchev–Trinajstić information content (AvgIpc) is 2.68. The van der Waals surface area contributed by atoms with Crippen molar-refractivity contribution in [3.05, 3.63) is 0 Å². The van der Waals surface area contributed by atoms with Gasteiger partial charge in [-0.05, 0) is 25.7 Å². The van der Waals surface area contributed by atoms with Crippen LogP contribution in [0.1, 0.15) is 19.8 Å². The summed E-state index contributed by atoms with van der Waals surface area (Å²) in [6.45, 7) is 1.78. The summed E-state index contributed by atoms with van der Waals surface area (Å²) in [6.07, 6.45) is 1.96. The fraction of sp³-hybridized carbons (Fsp3) is 0.857. The van der Waals surface area contributed by atoms with E-state index < -0.39 is 11.4 Å². The molecule has 1 atom stereocenters. The van der Waals surface area contributed by atoms with Crippen molar-refractivity contribution >= 4 is 5.97 Å². The van der Waals surface area contributed by atoms with E-state index in [9.17, 15) is 4.79 Å². The summed E-state index contributed by atoms with van der Waals surface area (Å²) in [5.41, 5.74) is -0.769. The Morgan fingerprint density at radius 2 is 2.36 bits per heavy atom. The Morgan fingerprint density at radius 3 is 2.64 bits per heavy atom. The normalized spacial score (nSPS) is 22.7. The van der Waals surface area contributed by atoms with Crippen molar-refractivity contribution in [3.63, 3.8) is 0 Å². The molecule has 0 radical (unpaired) electrons. The molecule has 1 aliphatic rings. The van der Waals surface area contributed by atoms with Crippen molar-refractivity contribution in [2.75, 3.05) is 6.61 Å². The first-order valence-electron chi connectivity index (χ1n) is 3.66. The molecule has 1 saturated carbocycles. The minimum absolute atomic E-state index is 0.104. The zero-order chi connectivity index (χ0) is 8.48. The van der Waals surface area contributed by atoms with Crippen LogP contribution in [0.15, 0.2) is 0 Å². The smallest absolute Gasteiger partial charge is 0.312 e. The molecule has 0 aromatic heterocycles. The van der Waals surface area contributed by atoms with Gasteiger partial charge in [-0.1, -0.05) is 0 Å². The molecule has 4 nitrogen and oxygen atoms in total. The molecule has 0 amide bonds. The van der Waals surface area contributed by atoms with Crippen molar-refractivity contribution in [2.45, 2.75) is 19.8 Å². The number of carboxylic acids is 1. The molecule has 0 aromatic rings. The van der Waals surface area contributed by atoms with E-state index >= 15 is 0 Å². The van der Waals surface area contributed by atoms with Crippen LogP contribution in [0.4, 0.5) is 0 Å². The van der Waals surface area contributed by atoms with Gasteiger partial charge in [-0.15, -0.1) is 0 Å². The molecule has 1 rings (SSSR count). The number of carbonyl (C=O) groups is 1. The Morgan fingerprint density at radius 1 is 1.82 bits per heavy atom. The van der Waals surface area contributed by atoms with E-state index in [2.05, 4.69) is 4.84 Å². The van der Waals surface area contributed by atoms with Crippen molar-refractivity contribution in [1.82, 2.24) is 0 Å². The fourth-order valence-electron chi connectivity index (χ4n) is 1.25. The zero-order valence-corrected chi connectivity index (χ0v) is 6.54. The summed E-state index contributed by atoms with van der Waals surface area (Å²) in [5.74, 6) is 4.29. The van der Waals surface area contributed by atoms with Crippen LogP contribution < -0.4 is 5.90 Å². The summed E-state index contributed by atoms with van der Waals surface area (Å²) in [4.78, 5) is 15.1. The second-order valence-electron chi connectivity index (χ2n) is 3.31. The summed E-state index contributed by atoms with van der Waals surface area (Å²) in [7, 11) is 0. The van der Waals surface area contributed by atoms with Crippen molar-refractivity contribution in [2.24, 2.45) is 17.2 Å². The predicted octanol–water partition coefficient (Wildman–Crippen LogP) is 0.378. The topological polar surface area (TPSA) is 72.5 Å². The van der Waals surface area contributed by atoms with Crippen LogP contribution in [0.25, 0.3) is 0 Å². The molecule has 0 bridgehead atoms. The van der Waals surface area contributed by atoms with Gasteiger partial charge < -0.3 is 9.94 Å². The van der Waals surface area contributed by atoms with Crippen LogP contribution in [0.3, 0.4) is 0 Å². The maximum absolute atomic E-state index is 10.8. The second kappa shape index (κ2) is 2.79. The van der Waals surface area contributed by atoms with Crippen LogP contribution in [-0.2, 0) is 9.63 Å². The van der Waals surface area contributed by atoms with Crippen molar-refractivity contribution in [3.8, 4) is 0 Å². The van der Waals surface area contributed by atoms with Gasteiger partial charge in [0, 0.05) is 0 Å². The number of hydrogen-bond acceptors (Lipinski definition) is 3. The maximum Gasteiger partial charge on any atom is 0.312 e. The van der Waals surface area contributed by atoms with Crippen LogP contribution in [0, 0.1) is 11.3 Å². The highest BCUT2D eigenvalue weighted by Gasteiger charge is 2.47. The van der Waals surface area contributed by atoms with Gasteiger partial charge in [-0.3, -0.25) is 4.79 Å². The van der Waals surface area contributed by atoms with Gasteiger partial charge in [0.1, 0.15) is 0 Å². The molecular weight excluding hydrogens is 146 g/mol. The predicted molar refractivity (Wildman–Crippen MR) is 38.6 cm³/mol. The fourth-order valence-corrected chi connectivity index (χ4v) is 1.25. The third-order valence-corrected chi connectivity index (χ3v) is 2.35. The molecule has 64 valence electrons. The summed E-state index contributed by atoms with van der Waals surface area (Å²) >= 11 is 0. The first-order valence-corrected chi connectivity index (χ1v) is 3.66. The third kappa shape index (κ3) is 1.52. The average molecular weight is 159 g/mol. The van der Waals surface area contributed by atoms with Gasteiger partial charge >= 0.3 is 5.97 Å². The third-order valence-electron chi connectivity index (χ3n) is 2.35. The minimum atomic E-state index is -0.814. The summed E-state index contributed by atoms with van der Waals surface area (Å²) in [5, 5.41) is 8.84. The molecule has 11 heavy (non-hydrogen) atoms. The number of carboxylic acid groups (broad SMARTS) is 1. The van der Waals surface area contributed by atoms with Gasteiger partial charge in [0.15, 0.2) is 0 Å². The van der Waals surface area contributed by atoms with Gasteiger partial charge in [0.05, 0.1) is 12.0 Å². The highest BCUT2D eigenvalue weighted by Crippen LogP contribution is 2.45. The zero-order valence-electron chi connectivity index (χ0n) is 6.54. The van der Waals surface area contributed by atoms with Gasteiger partial charge in [0.2, 0.25) is 0 Å².